The van der Waals surface area contributed by atoms with Crippen molar-refractivity contribution in [3.63, 3.8) is 0 Å². The van der Waals surface area contributed by atoms with Crippen molar-refractivity contribution >= 4 is 102 Å². The SMILES string of the molecule is [C-]#[N+]c1cnc(NC2=NCC(c3ccc(OCCCNC(=O)C(F)(F)F)c(Br)c3)=C2)cn1.[C-]#[N+]c1cnc(NC2=NCC(c3ccc(O[C@@H](C)CC)c(C)c3)=C2)cn1.[C-]#[N+]c1cnc(NC2=NCC(c3sccc3O[C@@H](C)CC)=C2)cn1. The van der Waals surface area contributed by atoms with Gasteiger partial charge in [0, 0.05) is 6.54 Å². The molecule has 9 rings (SSSR count). The number of amides is 1. The van der Waals surface area contributed by atoms with Crippen LogP contribution in [0.4, 0.5) is 48.1 Å². The van der Waals surface area contributed by atoms with Crippen molar-refractivity contribution in [3.05, 3.63) is 164 Å². The summed E-state index contributed by atoms with van der Waals surface area (Å²) in [4.78, 5) is 59.2. The number of nitrogens with zero attached hydrogens (tertiary/aromatic N) is 12. The molecule has 0 fully saturated rings. The summed E-state index contributed by atoms with van der Waals surface area (Å²) in [5, 5.41) is 13.1. The van der Waals surface area contributed by atoms with Crippen LogP contribution in [-0.4, -0.2) is 104 Å². The zero-order valence-corrected chi connectivity index (χ0v) is 47.4. The molecule has 6 aromatic rings. The molecule has 0 bridgehead atoms. The number of rotatable bonds is 17. The summed E-state index contributed by atoms with van der Waals surface area (Å²) in [5.41, 5.74) is 6.38. The van der Waals surface area contributed by atoms with Gasteiger partial charge in [0.2, 0.25) is 0 Å². The van der Waals surface area contributed by atoms with E-state index in [4.69, 9.17) is 33.9 Å². The number of carbonyl (C=O) groups excluding carboxylic acids is 1. The van der Waals surface area contributed by atoms with Gasteiger partial charge in [-0.2, -0.15) is 13.2 Å². The van der Waals surface area contributed by atoms with Crippen LogP contribution in [0.2, 0.25) is 0 Å². The Bertz CT molecular complexity index is 3550. The zero-order chi connectivity index (χ0) is 58.6. The fraction of sp³-hybridized carbons (Fsp3) is 0.281. The molecule has 420 valence electrons. The van der Waals surface area contributed by atoms with Gasteiger partial charge in [-0.15, -0.1) is 26.3 Å². The van der Waals surface area contributed by atoms with Gasteiger partial charge >= 0.3 is 12.1 Å². The second kappa shape index (κ2) is 29.2. The Hall–Kier alpha value is -9.38. The number of halogens is 4. The van der Waals surface area contributed by atoms with Crippen molar-refractivity contribution in [2.24, 2.45) is 15.0 Å². The van der Waals surface area contributed by atoms with E-state index in [1.165, 1.54) is 37.2 Å². The number of aryl methyl sites for hydroxylation is 1. The molecule has 4 aromatic heterocycles. The number of hydrogen-bond donors (Lipinski definition) is 4. The Morgan fingerprint density at radius 2 is 1.12 bits per heavy atom. The smallest absolute Gasteiger partial charge is 0.471 e. The van der Waals surface area contributed by atoms with Crippen LogP contribution in [0, 0.1) is 26.6 Å². The average molecular weight is 1200 g/mol. The van der Waals surface area contributed by atoms with E-state index in [9.17, 15) is 18.0 Å². The summed E-state index contributed by atoms with van der Waals surface area (Å²) in [6.07, 6.45) is 12.3. The average Bonchev–Trinajstić information content (AvgIpc) is 4.35. The molecule has 0 radical (unpaired) electrons. The molecule has 2 atom stereocenters. The largest absolute Gasteiger partial charge is 0.492 e. The van der Waals surface area contributed by atoms with Crippen LogP contribution < -0.4 is 35.5 Å². The van der Waals surface area contributed by atoms with Gasteiger partial charge in [-0.3, -0.25) is 19.8 Å². The fourth-order valence-electron chi connectivity index (χ4n) is 7.30. The highest BCUT2D eigenvalue weighted by Crippen LogP contribution is 2.35. The number of benzene rings is 2. The van der Waals surface area contributed by atoms with Crippen molar-refractivity contribution in [2.45, 2.75) is 72.3 Å². The lowest BCUT2D eigenvalue weighted by Gasteiger charge is -2.15. The van der Waals surface area contributed by atoms with Gasteiger partial charge in [-0.25, -0.2) is 15.0 Å². The molecule has 3 aliphatic rings. The quantitative estimate of drug-likeness (QED) is 0.0494. The first-order valence-corrected chi connectivity index (χ1v) is 27.2. The van der Waals surface area contributed by atoms with Crippen LogP contribution in [0.5, 0.6) is 17.2 Å². The van der Waals surface area contributed by atoms with E-state index in [-0.39, 0.29) is 49.2 Å². The molecular weight excluding hydrogens is 1140 g/mol. The molecule has 0 spiro atoms. The molecule has 2 aromatic carbocycles. The number of ether oxygens (including phenoxy) is 3. The Morgan fingerprint density at radius 1 is 0.659 bits per heavy atom. The van der Waals surface area contributed by atoms with Gasteiger partial charge in [0.1, 0.15) is 34.8 Å². The first-order chi connectivity index (χ1) is 39.5. The number of nitrogens with one attached hydrogen (secondary N) is 4. The lowest BCUT2D eigenvalue weighted by molar-refractivity contribution is -0.173. The Kier molecular flexibility index (Phi) is 21.5. The molecule has 0 saturated heterocycles. The first-order valence-electron chi connectivity index (χ1n) is 25.5. The molecule has 82 heavy (non-hydrogen) atoms. The summed E-state index contributed by atoms with van der Waals surface area (Å²) in [7, 11) is 0. The highest BCUT2D eigenvalue weighted by atomic mass is 79.9. The van der Waals surface area contributed by atoms with E-state index in [1.807, 2.05) is 47.9 Å². The summed E-state index contributed by atoms with van der Waals surface area (Å²) in [6.45, 7) is 32.8. The highest BCUT2D eigenvalue weighted by molar-refractivity contribution is 9.10. The van der Waals surface area contributed by atoms with Crippen molar-refractivity contribution in [1.82, 2.24) is 35.2 Å². The van der Waals surface area contributed by atoms with Gasteiger partial charge < -0.3 is 50.0 Å². The van der Waals surface area contributed by atoms with Crippen molar-refractivity contribution in [1.29, 1.82) is 0 Å². The minimum Gasteiger partial charge on any atom is -0.492 e. The summed E-state index contributed by atoms with van der Waals surface area (Å²) in [5.74, 6) is 4.87. The molecule has 20 nitrogen and oxygen atoms in total. The zero-order valence-electron chi connectivity index (χ0n) is 45.0. The maximum absolute atomic E-state index is 12.1. The van der Waals surface area contributed by atoms with Crippen LogP contribution in [0.1, 0.15) is 68.5 Å². The minimum absolute atomic E-state index is 0.140. The van der Waals surface area contributed by atoms with Crippen molar-refractivity contribution in [2.75, 3.05) is 48.7 Å². The molecule has 0 unspecified atom stereocenters. The predicted octanol–water partition coefficient (Wildman–Crippen LogP) is 12.7. The molecule has 4 N–H and O–H groups in total. The monoisotopic (exact) mass is 1190 g/mol. The van der Waals surface area contributed by atoms with E-state index < -0.39 is 12.1 Å². The molecular formula is C57H54BrF3N16O4S. The third-order valence-electron chi connectivity index (χ3n) is 11.9. The molecule has 25 heteroatoms. The number of thiophene rings is 1. The number of aliphatic imine (C=N–C) groups is 3. The van der Waals surface area contributed by atoms with Crippen molar-refractivity contribution < 1.29 is 32.2 Å². The number of hydrogen-bond acceptors (Lipinski definition) is 17. The molecule has 0 saturated carbocycles. The molecule has 1 amide bonds. The lowest BCUT2D eigenvalue weighted by atomic mass is 10.0. The molecule has 3 aliphatic heterocycles. The second-order valence-corrected chi connectivity index (χ2v) is 19.7. The standard InChI is InChI=1S/C20H16BrF3N6O2.C20H21N5O.C17H17N5OS/c1-25-17-10-29-18(11-28-17)30-16-8-13(9-27-16)12-3-4-15(14(21)7-12)32-6-2-5-26-19(31)20(22,23)24;1-5-14(3)26-17-7-6-15(8-13(17)2)16-9-18(22-10-16)25-20-12-23-19(21-4)11-24-20;1-4-11(2)23-13-5-6-24-17(13)12-7-14(19-8-12)22-16-10-20-15(18-3)9-21-16/h3-4,7-8,10-11H,2,5-6,9H2,(H,26,31)(H,27,29,30);6-9,11-12,14H,5,10H2,1-3H3,(H,22,24,25);5-7,9-11H,4,8H2,1-2H3,(H,19,21,22)/t;14-;11-/m.00/s1. The van der Waals surface area contributed by atoms with Crippen LogP contribution in [0.15, 0.2) is 123 Å². The van der Waals surface area contributed by atoms with Crippen LogP contribution in [0.3, 0.4) is 0 Å². The van der Waals surface area contributed by atoms with Gasteiger partial charge in [0.25, 0.3) is 17.5 Å². The summed E-state index contributed by atoms with van der Waals surface area (Å²) in [6, 6.07) is 13.7. The summed E-state index contributed by atoms with van der Waals surface area (Å²) >= 11 is 5.09. The van der Waals surface area contributed by atoms with Crippen LogP contribution >= 0.6 is 27.3 Å². The van der Waals surface area contributed by atoms with E-state index in [0.717, 1.165) is 74.3 Å². The second-order valence-electron chi connectivity index (χ2n) is 18.0. The molecule has 7 heterocycles. The van der Waals surface area contributed by atoms with E-state index >= 15 is 0 Å². The van der Waals surface area contributed by atoms with Gasteiger partial charge in [0.05, 0.1) is 66.4 Å². The van der Waals surface area contributed by atoms with Crippen molar-refractivity contribution in [3.8, 4) is 17.2 Å². The Balaban J connectivity index is 0.000000179. The lowest BCUT2D eigenvalue weighted by Crippen LogP contribution is -2.37. The van der Waals surface area contributed by atoms with E-state index in [0.29, 0.717) is 53.1 Å². The predicted molar refractivity (Wildman–Crippen MR) is 316 cm³/mol. The number of carbonyl (C=O) groups is 1. The third-order valence-corrected chi connectivity index (χ3v) is 13.5. The first kappa shape index (κ1) is 60.3. The Morgan fingerprint density at radius 3 is 1.56 bits per heavy atom. The van der Waals surface area contributed by atoms with Crippen LogP contribution in [-0.2, 0) is 4.79 Å². The number of anilines is 3. The number of aromatic nitrogens is 6. The van der Waals surface area contributed by atoms with E-state index in [2.05, 4.69) is 138 Å². The van der Waals surface area contributed by atoms with Crippen LogP contribution in [0.25, 0.3) is 31.3 Å². The number of alkyl halides is 3. The Labute approximate surface area is 484 Å². The maximum Gasteiger partial charge on any atom is 0.471 e. The minimum atomic E-state index is -4.88. The highest BCUT2D eigenvalue weighted by Gasteiger charge is 2.38. The van der Waals surface area contributed by atoms with Gasteiger partial charge in [0.15, 0.2) is 36.0 Å². The number of amidine groups is 3. The summed E-state index contributed by atoms with van der Waals surface area (Å²) < 4.78 is 54.5. The van der Waals surface area contributed by atoms with E-state index in [1.54, 1.807) is 22.7 Å². The van der Waals surface area contributed by atoms with Gasteiger partial charge in [-0.1, -0.05) is 45.7 Å². The van der Waals surface area contributed by atoms with Gasteiger partial charge in [-0.05, 0) is 143 Å². The topological polar surface area (TPSA) is 220 Å². The molecule has 0 aliphatic carbocycles. The fourth-order valence-corrected chi connectivity index (χ4v) is 8.63. The third kappa shape index (κ3) is 17.6. The maximum atomic E-state index is 12.1. The normalized spacial score (nSPS) is 13.9.